The molecule has 0 saturated carbocycles. The second kappa shape index (κ2) is 5.48. The fraction of sp³-hybridized carbons (Fsp3) is 0.500. The molecule has 0 saturated heterocycles. The molecule has 0 aromatic heterocycles. The van der Waals surface area contributed by atoms with Gasteiger partial charge in [-0.15, -0.1) is 5.73 Å². The lowest BCUT2D eigenvalue weighted by molar-refractivity contribution is 1.22. The highest BCUT2D eigenvalue weighted by molar-refractivity contribution is 4.83. The summed E-state index contributed by atoms with van der Waals surface area (Å²) < 4.78 is 0. The maximum absolute atomic E-state index is 5.13. The summed E-state index contributed by atoms with van der Waals surface area (Å²) in [5, 5.41) is 0. The summed E-state index contributed by atoms with van der Waals surface area (Å²) in [7, 11) is 0. The summed E-state index contributed by atoms with van der Waals surface area (Å²) in [6, 6.07) is 0. The van der Waals surface area contributed by atoms with E-state index in [0.717, 1.165) is 6.42 Å². The zero-order chi connectivity index (χ0) is 5.54. The van der Waals surface area contributed by atoms with Crippen molar-refractivity contribution in [2.75, 3.05) is 6.54 Å². The molecule has 0 aliphatic carbocycles. The van der Waals surface area contributed by atoms with Gasteiger partial charge in [0, 0.05) is 6.54 Å². The molecule has 0 aromatic rings. The van der Waals surface area contributed by atoms with E-state index in [0.29, 0.717) is 6.54 Å². The van der Waals surface area contributed by atoms with Crippen LogP contribution in [0.25, 0.3) is 0 Å². The lowest BCUT2D eigenvalue weighted by atomic mass is 10.4. The Bertz CT molecular complexity index is 70.2. The normalized spacial score (nSPS) is 7.14. The van der Waals surface area contributed by atoms with Crippen molar-refractivity contribution in [1.29, 1.82) is 0 Å². The van der Waals surface area contributed by atoms with Gasteiger partial charge in [0.1, 0.15) is 0 Å². The molecule has 0 aliphatic rings. The molecule has 0 bridgehead atoms. The van der Waals surface area contributed by atoms with E-state index in [1.165, 1.54) is 0 Å². The minimum Gasteiger partial charge on any atom is -0.326 e. The number of hydrogen-bond donors (Lipinski definition) is 1. The second-order valence-electron chi connectivity index (χ2n) is 1.22. The average Bonchev–Trinajstić information content (AvgIpc) is 1.69. The zero-order valence-electron chi connectivity index (χ0n) is 4.65. The highest BCUT2D eigenvalue weighted by atomic mass is 14.5. The fourth-order valence-corrected chi connectivity index (χ4v) is 0.269. The van der Waals surface area contributed by atoms with Crippen molar-refractivity contribution in [3.8, 4) is 0 Å². The van der Waals surface area contributed by atoms with Crippen LogP contribution in [-0.2, 0) is 0 Å². The van der Waals surface area contributed by atoms with Gasteiger partial charge in [0.25, 0.3) is 0 Å². The maximum atomic E-state index is 5.13. The minimum absolute atomic E-state index is 0.594. The summed E-state index contributed by atoms with van der Waals surface area (Å²) in [6.45, 7) is 2.66. The smallest absolute Gasteiger partial charge is 0.0182 e. The first kappa shape index (κ1) is 6.48. The van der Waals surface area contributed by atoms with E-state index in [2.05, 4.69) is 12.7 Å². The summed E-state index contributed by atoms with van der Waals surface area (Å²) in [4.78, 5) is 0. The molecule has 0 radical (unpaired) electrons. The van der Waals surface area contributed by atoms with Gasteiger partial charge in [-0.1, -0.05) is 6.92 Å². The molecule has 1 nitrogen and oxygen atoms in total. The standard InChI is InChI=1S/C6H11N/c1-2-3-4-5-6-7/h3,5H,2,6-7H2,1H3. The molecule has 2 N–H and O–H groups in total. The van der Waals surface area contributed by atoms with E-state index in [-0.39, 0.29) is 0 Å². The van der Waals surface area contributed by atoms with Gasteiger partial charge in [0.2, 0.25) is 0 Å². The van der Waals surface area contributed by atoms with E-state index in [4.69, 9.17) is 5.73 Å². The first-order valence-corrected chi connectivity index (χ1v) is 2.51. The summed E-state index contributed by atoms with van der Waals surface area (Å²) in [5.74, 6) is 0. The van der Waals surface area contributed by atoms with E-state index in [1.807, 2.05) is 12.2 Å². The van der Waals surface area contributed by atoms with E-state index in [1.54, 1.807) is 0 Å². The van der Waals surface area contributed by atoms with Crippen LogP contribution in [0.2, 0.25) is 0 Å². The maximum Gasteiger partial charge on any atom is 0.0182 e. The molecule has 0 unspecified atom stereocenters. The van der Waals surface area contributed by atoms with Crippen LogP contribution in [0.5, 0.6) is 0 Å². The lowest BCUT2D eigenvalue weighted by Gasteiger charge is -1.68. The van der Waals surface area contributed by atoms with Crippen LogP contribution in [0.1, 0.15) is 13.3 Å². The zero-order valence-corrected chi connectivity index (χ0v) is 4.65. The molecule has 0 fully saturated rings. The van der Waals surface area contributed by atoms with E-state index in [9.17, 15) is 0 Å². The molecular weight excluding hydrogens is 86.1 g/mol. The predicted molar refractivity (Wildman–Crippen MR) is 32.0 cm³/mol. The Kier molecular flexibility index (Phi) is 5.07. The Morgan fingerprint density at radius 3 is 2.71 bits per heavy atom. The molecule has 1 heteroatoms. The Morgan fingerprint density at radius 2 is 2.29 bits per heavy atom. The molecular formula is C6H11N. The van der Waals surface area contributed by atoms with Gasteiger partial charge in [0.15, 0.2) is 0 Å². The quantitative estimate of drug-likeness (QED) is 0.512. The van der Waals surface area contributed by atoms with Crippen molar-refractivity contribution in [2.24, 2.45) is 5.73 Å². The molecule has 0 atom stereocenters. The average molecular weight is 97.2 g/mol. The second-order valence-corrected chi connectivity index (χ2v) is 1.22. The molecule has 7 heavy (non-hydrogen) atoms. The van der Waals surface area contributed by atoms with E-state index >= 15 is 0 Å². The van der Waals surface area contributed by atoms with Crippen LogP contribution in [0.15, 0.2) is 17.9 Å². The van der Waals surface area contributed by atoms with Gasteiger partial charge in [-0.05, 0) is 18.6 Å². The lowest BCUT2D eigenvalue weighted by Crippen LogP contribution is -1.90. The first-order chi connectivity index (χ1) is 3.41. The van der Waals surface area contributed by atoms with Crippen molar-refractivity contribution >= 4 is 0 Å². The number of rotatable bonds is 2. The van der Waals surface area contributed by atoms with Crippen LogP contribution in [-0.4, -0.2) is 6.54 Å². The molecule has 0 aliphatic heterocycles. The largest absolute Gasteiger partial charge is 0.326 e. The van der Waals surface area contributed by atoms with Gasteiger partial charge in [-0.3, -0.25) is 0 Å². The monoisotopic (exact) mass is 97.1 g/mol. The van der Waals surface area contributed by atoms with Gasteiger partial charge < -0.3 is 5.73 Å². The third kappa shape index (κ3) is 5.48. The third-order valence-electron chi connectivity index (χ3n) is 0.558. The van der Waals surface area contributed by atoms with Crippen LogP contribution >= 0.6 is 0 Å². The SMILES string of the molecule is CCC=C=CCN. The molecule has 0 amide bonds. The van der Waals surface area contributed by atoms with Crippen LogP contribution in [0.3, 0.4) is 0 Å². The summed E-state index contributed by atoms with van der Waals surface area (Å²) in [6.07, 6.45) is 4.80. The summed E-state index contributed by atoms with van der Waals surface area (Å²) >= 11 is 0. The Labute approximate surface area is 44.5 Å². The molecule has 0 rings (SSSR count). The van der Waals surface area contributed by atoms with Crippen molar-refractivity contribution in [1.82, 2.24) is 0 Å². The van der Waals surface area contributed by atoms with Crippen LogP contribution < -0.4 is 5.73 Å². The number of hydrogen-bond acceptors (Lipinski definition) is 1. The third-order valence-corrected chi connectivity index (χ3v) is 0.558. The number of nitrogens with two attached hydrogens (primary N) is 1. The molecule has 0 aromatic carbocycles. The van der Waals surface area contributed by atoms with Gasteiger partial charge in [-0.25, -0.2) is 0 Å². The fourth-order valence-electron chi connectivity index (χ4n) is 0.269. The Balaban J connectivity index is 3.21. The topological polar surface area (TPSA) is 26.0 Å². The molecule has 0 spiro atoms. The minimum atomic E-state index is 0.594. The van der Waals surface area contributed by atoms with Crippen molar-refractivity contribution in [3.63, 3.8) is 0 Å². The molecule has 40 valence electrons. The van der Waals surface area contributed by atoms with Gasteiger partial charge >= 0.3 is 0 Å². The Morgan fingerprint density at radius 1 is 1.57 bits per heavy atom. The molecule has 0 heterocycles. The van der Waals surface area contributed by atoms with Crippen LogP contribution in [0.4, 0.5) is 0 Å². The van der Waals surface area contributed by atoms with Crippen molar-refractivity contribution < 1.29 is 0 Å². The predicted octanol–water partition coefficient (Wildman–Crippen LogP) is 1.07. The highest BCUT2D eigenvalue weighted by Gasteiger charge is 1.57. The summed E-state index contributed by atoms with van der Waals surface area (Å²) in [5.41, 5.74) is 8.04. The Hall–Kier alpha value is -0.520. The van der Waals surface area contributed by atoms with Crippen LogP contribution in [0, 0.1) is 0 Å². The van der Waals surface area contributed by atoms with Gasteiger partial charge in [0.05, 0.1) is 0 Å². The van der Waals surface area contributed by atoms with Crippen molar-refractivity contribution in [2.45, 2.75) is 13.3 Å². The highest BCUT2D eigenvalue weighted by Crippen LogP contribution is 1.72. The van der Waals surface area contributed by atoms with E-state index < -0.39 is 0 Å². The van der Waals surface area contributed by atoms with Gasteiger partial charge in [-0.2, -0.15) is 0 Å². The first-order valence-electron chi connectivity index (χ1n) is 2.51. The van der Waals surface area contributed by atoms with Crippen molar-refractivity contribution in [3.05, 3.63) is 17.9 Å².